The van der Waals surface area contributed by atoms with Gasteiger partial charge in [0.15, 0.2) is 5.65 Å². The first-order chi connectivity index (χ1) is 6.45. The molecule has 1 N–H and O–H groups in total. The highest BCUT2D eigenvalue weighted by Crippen LogP contribution is 2.17. The number of nitrogens with one attached hydrogen (secondary N) is 1. The Morgan fingerprint density at radius 2 is 2.23 bits per heavy atom. The minimum absolute atomic E-state index is 0.539. The third-order valence-corrected chi connectivity index (χ3v) is 2.49. The number of hydrogen-bond acceptors (Lipinski definition) is 3. The van der Waals surface area contributed by atoms with Crippen molar-refractivity contribution >= 4 is 5.65 Å². The molecule has 1 fully saturated rings. The van der Waals surface area contributed by atoms with Gasteiger partial charge in [0.25, 0.3) is 0 Å². The first-order valence-corrected chi connectivity index (χ1v) is 4.45. The van der Waals surface area contributed by atoms with Gasteiger partial charge in [0.1, 0.15) is 5.82 Å². The Kier molecular flexibility index (Phi) is 1.37. The second-order valence-corrected chi connectivity index (χ2v) is 3.34. The molecule has 0 unspecified atom stereocenters. The summed E-state index contributed by atoms with van der Waals surface area (Å²) < 4.78 is 2.06. The third-order valence-electron chi connectivity index (χ3n) is 2.49. The minimum atomic E-state index is 0.539. The molecule has 1 aliphatic rings. The molecule has 1 aliphatic heterocycles. The number of rotatable bonds is 1. The fourth-order valence-corrected chi connectivity index (χ4v) is 1.61. The summed E-state index contributed by atoms with van der Waals surface area (Å²) in [6, 6.07) is 5.96. The summed E-state index contributed by atoms with van der Waals surface area (Å²) in [6.07, 6.45) is 2.02. The molecule has 4 nitrogen and oxygen atoms in total. The Balaban J connectivity index is 2.17. The van der Waals surface area contributed by atoms with E-state index in [4.69, 9.17) is 0 Å². The predicted molar refractivity (Wildman–Crippen MR) is 48.6 cm³/mol. The molecule has 0 radical (unpaired) electrons. The van der Waals surface area contributed by atoms with Crippen LogP contribution in [0.25, 0.3) is 5.65 Å². The van der Waals surface area contributed by atoms with Crippen LogP contribution in [0.3, 0.4) is 0 Å². The van der Waals surface area contributed by atoms with Crippen molar-refractivity contribution in [2.75, 3.05) is 13.1 Å². The number of pyridine rings is 1. The molecule has 3 rings (SSSR count). The van der Waals surface area contributed by atoms with Gasteiger partial charge in [-0.1, -0.05) is 6.07 Å². The van der Waals surface area contributed by atoms with Crippen LogP contribution in [0.2, 0.25) is 0 Å². The van der Waals surface area contributed by atoms with Gasteiger partial charge in [-0.05, 0) is 12.1 Å². The van der Waals surface area contributed by atoms with E-state index in [-0.39, 0.29) is 0 Å². The molecule has 2 aromatic rings. The van der Waals surface area contributed by atoms with Crippen LogP contribution in [0.5, 0.6) is 0 Å². The van der Waals surface area contributed by atoms with Gasteiger partial charge in [0.2, 0.25) is 0 Å². The van der Waals surface area contributed by atoms with E-state index in [1.165, 1.54) is 0 Å². The monoisotopic (exact) mass is 174 g/mol. The summed E-state index contributed by atoms with van der Waals surface area (Å²) in [7, 11) is 0. The lowest BCUT2D eigenvalue weighted by molar-refractivity contribution is 0.427. The normalized spacial score (nSPS) is 17.5. The summed E-state index contributed by atoms with van der Waals surface area (Å²) >= 11 is 0. The molecule has 2 aromatic heterocycles. The molecule has 4 heteroatoms. The fourth-order valence-electron chi connectivity index (χ4n) is 1.61. The van der Waals surface area contributed by atoms with E-state index in [0.29, 0.717) is 5.92 Å². The predicted octanol–water partition coefficient (Wildman–Crippen LogP) is 0.416. The van der Waals surface area contributed by atoms with Crippen molar-refractivity contribution in [1.29, 1.82) is 0 Å². The topological polar surface area (TPSA) is 42.2 Å². The van der Waals surface area contributed by atoms with Crippen LogP contribution >= 0.6 is 0 Å². The molecule has 1 saturated heterocycles. The Hall–Kier alpha value is -1.42. The average molecular weight is 174 g/mol. The Bertz CT molecular complexity index is 430. The quantitative estimate of drug-likeness (QED) is 0.681. The maximum atomic E-state index is 4.19. The number of hydrogen-bond donors (Lipinski definition) is 1. The Labute approximate surface area is 75.6 Å². The molecule has 66 valence electrons. The van der Waals surface area contributed by atoms with Gasteiger partial charge in [-0.2, -0.15) is 0 Å². The lowest BCUT2D eigenvalue weighted by Gasteiger charge is -2.25. The molecule has 0 saturated carbocycles. The van der Waals surface area contributed by atoms with Gasteiger partial charge >= 0.3 is 0 Å². The van der Waals surface area contributed by atoms with E-state index in [1.54, 1.807) is 0 Å². The van der Waals surface area contributed by atoms with E-state index in [0.717, 1.165) is 24.6 Å². The van der Waals surface area contributed by atoms with Gasteiger partial charge in [0, 0.05) is 25.2 Å². The van der Waals surface area contributed by atoms with E-state index in [1.807, 2.05) is 24.4 Å². The largest absolute Gasteiger partial charge is 0.315 e. The van der Waals surface area contributed by atoms with Gasteiger partial charge in [-0.25, -0.2) is 0 Å². The molecule has 13 heavy (non-hydrogen) atoms. The lowest BCUT2D eigenvalue weighted by Crippen LogP contribution is -2.40. The van der Waals surface area contributed by atoms with Gasteiger partial charge in [0.05, 0.1) is 0 Å². The summed E-state index contributed by atoms with van der Waals surface area (Å²) in [4.78, 5) is 0. The zero-order valence-corrected chi connectivity index (χ0v) is 7.14. The van der Waals surface area contributed by atoms with Gasteiger partial charge in [-0.15, -0.1) is 10.2 Å². The first kappa shape index (κ1) is 7.03. The van der Waals surface area contributed by atoms with Gasteiger partial charge in [-0.3, -0.25) is 4.40 Å². The maximum Gasteiger partial charge on any atom is 0.160 e. The highest BCUT2D eigenvalue weighted by Gasteiger charge is 2.23. The van der Waals surface area contributed by atoms with Crippen molar-refractivity contribution in [3.63, 3.8) is 0 Å². The molecule has 0 bridgehead atoms. The smallest absolute Gasteiger partial charge is 0.160 e. The van der Waals surface area contributed by atoms with Crippen molar-refractivity contribution in [2.45, 2.75) is 5.92 Å². The van der Waals surface area contributed by atoms with E-state index in [2.05, 4.69) is 19.9 Å². The number of aromatic nitrogens is 3. The molecular formula is C9H10N4. The highest BCUT2D eigenvalue weighted by molar-refractivity contribution is 5.37. The SMILES string of the molecule is c1ccn2c(C3CNC3)nnc2c1. The molecule has 0 aromatic carbocycles. The summed E-state index contributed by atoms with van der Waals surface area (Å²) in [5.74, 6) is 1.62. The van der Waals surface area contributed by atoms with Crippen molar-refractivity contribution in [3.8, 4) is 0 Å². The van der Waals surface area contributed by atoms with E-state index in [9.17, 15) is 0 Å². The molecule has 0 spiro atoms. The van der Waals surface area contributed by atoms with Crippen LogP contribution in [-0.2, 0) is 0 Å². The van der Waals surface area contributed by atoms with Crippen molar-refractivity contribution in [3.05, 3.63) is 30.2 Å². The van der Waals surface area contributed by atoms with Crippen molar-refractivity contribution in [2.24, 2.45) is 0 Å². The lowest BCUT2D eigenvalue weighted by atomic mass is 10.0. The first-order valence-electron chi connectivity index (χ1n) is 4.45. The van der Waals surface area contributed by atoms with E-state index < -0.39 is 0 Å². The molecule has 0 atom stereocenters. The molecule has 3 heterocycles. The van der Waals surface area contributed by atoms with Crippen LogP contribution < -0.4 is 5.32 Å². The average Bonchev–Trinajstić information content (AvgIpc) is 2.47. The second-order valence-electron chi connectivity index (χ2n) is 3.34. The molecule has 0 aliphatic carbocycles. The zero-order chi connectivity index (χ0) is 8.67. The second kappa shape index (κ2) is 2.53. The third kappa shape index (κ3) is 0.954. The van der Waals surface area contributed by atoms with Crippen LogP contribution in [0.4, 0.5) is 0 Å². The van der Waals surface area contributed by atoms with Crippen molar-refractivity contribution in [1.82, 2.24) is 19.9 Å². The molecule has 0 amide bonds. The molecular weight excluding hydrogens is 164 g/mol. The number of nitrogens with zero attached hydrogens (tertiary/aromatic N) is 3. The minimum Gasteiger partial charge on any atom is -0.315 e. The van der Waals surface area contributed by atoms with Crippen LogP contribution in [-0.4, -0.2) is 27.7 Å². The fraction of sp³-hybridized carbons (Fsp3) is 0.333. The summed E-state index contributed by atoms with van der Waals surface area (Å²) in [5, 5.41) is 11.5. The van der Waals surface area contributed by atoms with Crippen LogP contribution in [0.1, 0.15) is 11.7 Å². The van der Waals surface area contributed by atoms with Crippen LogP contribution in [0, 0.1) is 0 Å². The Morgan fingerprint density at radius 3 is 3.00 bits per heavy atom. The van der Waals surface area contributed by atoms with Crippen LogP contribution in [0.15, 0.2) is 24.4 Å². The van der Waals surface area contributed by atoms with Gasteiger partial charge < -0.3 is 5.32 Å². The maximum absolute atomic E-state index is 4.19. The summed E-state index contributed by atoms with van der Waals surface area (Å²) in [6.45, 7) is 2.05. The van der Waals surface area contributed by atoms with Crippen molar-refractivity contribution < 1.29 is 0 Å². The summed E-state index contributed by atoms with van der Waals surface area (Å²) in [5.41, 5.74) is 0.935. The zero-order valence-electron chi connectivity index (χ0n) is 7.14. The Morgan fingerprint density at radius 1 is 1.31 bits per heavy atom. The van der Waals surface area contributed by atoms with E-state index >= 15 is 0 Å². The number of fused-ring (bicyclic) bond motifs is 1. The highest BCUT2D eigenvalue weighted by atomic mass is 15.3. The standard InChI is InChI=1S/C9H10N4/c1-2-4-13-8(3-1)11-12-9(13)7-5-10-6-7/h1-4,7,10H,5-6H2.